The first kappa shape index (κ1) is 20.1. The smallest absolute Gasteiger partial charge is 0.300 e. The van der Waals surface area contributed by atoms with Crippen molar-refractivity contribution >= 4 is 11.9 Å². The summed E-state index contributed by atoms with van der Waals surface area (Å²) in [7, 11) is 0. The summed E-state index contributed by atoms with van der Waals surface area (Å²) in [5, 5.41) is 23.1. The molecule has 0 aliphatic carbocycles. The molecule has 1 aromatic carbocycles. The van der Waals surface area contributed by atoms with Crippen molar-refractivity contribution in [1.82, 2.24) is 0 Å². The zero-order chi connectivity index (χ0) is 13.0. The van der Waals surface area contributed by atoms with E-state index in [0.717, 1.165) is 13.8 Å². The first-order chi connectivity index (χ1) is 7.40. The number of nitriles is 1. The second-order valence-corrected chi connectivity index (χ2v) is 2.52. The SMILES string of the molecule is CC(=O)O.CC(=O)O.N#Cc1ccccc1.O. The van der Waals surface area contributed by atoms with Crippen molar-refractivity contribution in [2.45, 2.75) is 13.8 Å². The zero-order valence-electron chi connectivity index (χ0n) is 9.54. The summed E-state index contributed by atoms with van der Waals surface area (Å²) in [5.74, 6) is -1.67. The van der Waals surface area contributed by atoms with Gasteiger partial charge in [0.15, 0.2) is 0 Å². The third kappa shape index (κ3) is 31.7. The molecule has 0 saturated heterocycles. The molecule has 0 radical (unpaired) electrons. The molecule has 0 aliphatic rings. The Labute approximate surface area is 99.1 Å². The Hall–Kier alpha value is -2.39. The fourth-order valence-corrected chi connectivity index (χ4v) is 0.513. The summed E-state index contributed by atoms with van der Waals surface area (Å²) in [4.78, 5) is 18.0. The molecule has 0 amide bonds. The van der Waals surface area contributed by atoms with Crippen LogP contribution in [0.15, 0.2) is 30.3 Å². The van der Waals surface area contributed by atoms with Crippen LogP contribution in [0.25, 0.3) is 0 Å². The lowest BCUT2D eigenvalue weighted by Gasteiger charge is -1.80. The summed E-state index contributed by atoms with van der Waals surface area (Å²) in [6, 6.07) is 11.2. The largest absolute Gasteiger partial charge is 0.481 e. The Balaban J connectivity index is -0.000000189. The molecule has 0 heterocycles. The summed E-state index contributed by atoms with van der Waals surface area (Å²) in [6.07, 6.45) is 0. The number of carbonyl (C=O) groups is 2. The maximum atomic E-state index is 9.00. The predicted octanol–water partition coefficient (Wildman–Crippen LogP) is 0.915. The Morgan fingerprint density at radius 1 is 1.06 bits per heavy atom. The maximum absolute atomic E-state index is 9.00. The minimum Gasteiger partial charge on any atom is -0.481 e. The molecule has 1 aromatic rings. The lowest BCUT2D eigenvalue weighted by atomic mass is 10.2. The van der Waals surface area contributed by atoms with Gasteiger partial charge in [0.1, 0.15) is 0 Å². The number of carboxylic acid groups (broad SMARTS) is 2. The van der Waals surface area contributed by atoms with Gasteiger partial charge in [-0.1, -0.05) is 18.2 Å². The van der Waals surface area contributed by atoms with Crippen molar-refractivity contribution < 1.29 is 25.3 Å². The van der Waals surface area contributed by atoms with E-state index in [0.29, 0.717) is 5.56 Å². The quantitative estimate of drug-likeness (QED) is 0.697. The van der Waals surface area contributed by atoms with Gasteiger partial charge in [-0.25, -0.2) is 0 Å². The van der Waals surface area contributed by atoms with Crippen LogP contribution in [-0.4, -0.2) is 27.6 Å². The average molecular weight is 241 g/mol. The first-order valence-electron chi connectivity index (χ1n) is 4.24. The summed E-state index contributed by atoms with van der Waals surface area (Å²) >= 11 is 0. The molecular weight excluding hydrogens is 226 g/mol. The lowest BCUT2D eigenvalue weighted by Crippen LogP contribution is -1.78. The van der Waals surface area contributed by atoms with E-state index in [2.05, 4.69) is 0 Å². The molecule has 0 spiro atoms. The van der Waals surface area contributed by atoms with Crippen LogP contribution in [-0.2, 0) is 9.59 Å². The van der Waals surface area contributed by atoms with Gasteiger partial charge in [-0.2, -0.15) is 5.26 Å². The van der Waals surface area contributed by atoms with Crippen molar-refractivity contribution in [2.24, 2.45) is 0 Å². The number of aliphatic carboxylic acids is 2. The van der Waals surface area contributed by atoms with Crippen LogP contribution in [0.2, 0.25) is 0 Å². The molecule has 6 heteroatoms. The van der Waals surface area contributed by atoms with E-state index >= 15 is 0 Å². The van der Waals surface area contributed by atoms with Gasteiger partial charge >= 0.3 is 0 Å². The lowest BCUT2D eigenvalue weighted by molar-refractivity contribution is -0.135. The topological polar surface area (TPSA) is 130 Å². The highest BCUT2D eigenvalue weighted by Gasteiger charge is 1.79. The second kappa shape index (κ2) is 13.6. The first-order valence-corrected chi connectivity index (χ1v) is 4.24. The van der Waals surface area contributed by atoms with E-state index in [1.807, 2.05) is 24.3 Å². The molecule has 6 nitrogen and oxygen atoms in total. The fraction of sp³-hybridized carbons (Fsp3) is 0.182. The predicted molar refractivity (Wildman–Crippen MR) is 61.4 cm³/mol. The summed E-state index contributed by atoms with van der Waals surface area (Å²) in [5.41, 5.74) is 0.715. The average Bonchev–Trinajstić information content (AvgIpc) is 2.17. The van der Waals surface area contributed by atoms with Gasteiger partial charge in [-0.05, 0) is 12.1 Å². The van der Waals surface area contributed by atoms with E-state index in [-0.39, 0.29) is 5.48 Å². The van der Waals surface area contributed by atoms with Crippen molar-refractivity contribution in [3.05, 3.63) is 35.9 Å². The molecule has 0 fully saturated rings. The Kier molecular flexibility index (Phi) is 16.1. The van der Waals surface area contributed by atoms with Gasteiger partial charge < -0.3 is 15.7 Å². The van der Waals surface area contributed by atoms with Gasteiger partial charge in [0.2, 0.25) is 0 Å². The van der Waals surface area contributed by atoms with Crippen LogP contribution in [0.4, 0.5) is 0 Å². The molecule has 0 saturated carbocycles. The molecule has 17 heavy (non-hydrogen) atoms. The fourth-order valence-electron chi connectivity index (χ4n) is 0.513. The van der Waals surface area contributed by atoms with E-state index < -0.39 is 11.9 Å². The number of carboxylic acids is 2. The Morgan fingerprint density at radius 2 is 1.35 bits per heavy atom. The van der Waals surface area contributed by atoms with Gasteiger partial charge in [-0.15, -0.1) is 0 Å². The molecular formula is C11H15NO5. The molecule has 4 N–H and O–H groups in total. The number of nitrogens with zero attached hydrogens (tertiary/aromatic N) is 1. The number of benzene rings is 1. The van der Waals surface area contributed by atoms with Crippen LogP contribution >= 0.6 is 0 Å². The molecule has 0 atom stereocenters. The van der Waals surface area contributed by atoms with Gasteiger partial charge in [0.05, 0.1) is 11.6 Å². The second-order valence-electron chi connectivity index (χ2n) is 2.52. The number of hydrogen-bond acceptors (Lipinski definition) is 3. The van der Waals surface area contributed by atoms with Crippen LogP contribution < -0.4 is 0 Å². The molecule has 0 aromatic heterocycles. The van der Waals surface area contributed by atoms with Crippen LogP contribution in [0.5, 0.6) is 0 Å². The summed E-state index contributed by atoms with van der Waals surface area (Å²) in [6.45, 7) is 2.17. The van der Waals surface area contributed by atoms with Gasteiger partial charge in [0, 0.05) is 13.8 Å². The third-order valence-corrected chi connectivity index (χ3v) is 0.903. The van der Waals surface area contributed by atoms with Crippen molar-refractivity contribution in [3.63, 3.8) is 0 Å². The highest BCUT2D eigenvalue weighted by molar-refractivity contribution is 5.63. The minimum absolute atomic E-state index is 0. The molecule has 1 rings (SSSR count). The van der Waals surface area contributed by atoms with Crippen molar-refractivity contribution in [2.75, 3.05) is 0 Å². The normalized spacial score (nSPS) is 6.65. The third-order valence-electron chi connectivity index (χ3n) is 0.903. The Morgan fingerprint density at radius 3 is 1.53 bits per heavy atom. The van der Waals surface area contributed by atoms with Crippen LogP contribution in [0.1, 0.15) is 19.4 Å². The highest BCUT2D eigenvalue weighted by atomic mass is 16.4. The maximum Gasteiger partial charge on any atom is 0.300 e. The van der Waals surface area contributed by atoms with Crippen molar-refractivity contribution in [3.8, 4) is 6.07 Å². The van der Waals surface area contributed by atoms with Gasteiger partial charge in [0.25, 0.3) is 11.9 Å². The monoisotopic (exact) mass is 241 g/mol. The van der Waals surface area contributed by atoms with E-state index in [9.17, 15) is 0 Å². The molecule has 94 valence electrons. The van der Waals surface area contributed by atoms with Crippen LogP contribution in [0.3, 0.4) is 0 Å². The minimum atomic E-state index is -0.833. The van der Waals surface area contributed by atoms with E-state index in [4.69, 9.17) is 25.1 Å². The number of rotatable bonds is 0. The molecule has 0 unspecified atom stereocenters. The molecule has 0 bridgehead atoms. The van der Waals surface area contributed by atoms with Gasteiger partial charge in [-0.3, -0.25) is 9.59 Å². The Bertz CT molecular complexity index is 336. The number of hydrogen-bond donors (Lipinski definition) is 2. The molecule has 0 aliphatic heterocycles. The van der Waals surface area contributed by atoms with Crippen molar-refractivity contribution in [1.29, 1.82) is 5.26 Å². The van der Waals surface area contributed by atoms with E-state index in [1.54, 1.807) is 12.1 Å². The van der Waals surface area contributed by atoms with E-state index in [1.165, 1.54) is 0 Å². The zero-order valence-corrected chi connectivity index (χ0v) is 9.54. The van der Waals surface area contributed by atoms with Crippen LogP contribution in [0, 0.1) is 11.3 Å². The standard InChI is InChI=1S/C7H5N.2C2H4O2.H2O/c8-6-7-4-2-1-3-5-7;2*1-2(3)4;/h1-5H;2*1H3,(H,3,4);1H2. The highest BCUT2D eigenvalue weighted by Crippen LogP contribution is 1.93. The summed E-state index contributed by atoms with van der Waals surface area (Å²) < 4.78 is 0.